The number of ether oxygens (including phenoxy) is 1. The van der Waals surface area contributed by atoms with Crippen LogP contribution < -0.4 is 15.4 Å². The third-order valence-electron chi connectivity index (χ3n) is 6.04. The van der Waals surface area contributed by atoms with Gasteiger partial charge in [0.2, 0.25) is 0 Å². The lowest BCUT2D eigenvalue weighted by molar-refractivity contribution is 0.116. The number of aromatic nitrogens is 3. The van der Waals surface area contributed by atoms with Gasteiger partial charge in [0.25, 0.3) is 0 Å². The van der Waals surface area contributed by atoms with Crippen LogP contribution in [0.2, 0.25) is 0 Å². The van der Waals surface area contributed by atoms with Gasteiger partial charge in [-0.15, -0.1) is 0 Å². The molecule has 9 heteroatoms. The van der Waals surface area contributed by atoms with Crippen molar-refractivity contribution in [1.29, 1.82) is 0 Å². The summed E-state index contributed by atoms with van der Waals surface area (Å²) in [4.78, 5) is 13.5. The average molecular weight is 480 g/mol. The van der Waals surface area contributed by atoms with Gasteiger partial charge >= 0.3 is 0 Å². The van der Waals surface area contributed by atoms with E-state index in [4.69, 9.17) is 4.74 Å². The Morgan fingerprint density at radius 3 is 2.85 bits per heavy atom. The number of aliphatic hydroxyl groups is 1. The summed E-state index contributed by atoms with van der Waals surface area (Å²) >= 11 is 1.60. The van der Waals surface area contributed by atoms with E-state index >= 15 is 0 Å². The van der Waals surface area contributed by atoms with Crippen LogP contribution >= 0.6 is 11.3 Å². The fourth-order valence-corrected chi connectivity index (χ4v) is 5.22. The number of fused-ring (bicyclic) bond motifs is 1. The summed E-state index contributed by atoms with van der Waals surface area (Å²) < 4.78 is 20.2. The lowest BCUT2D eigenvalue weighted by atomic mass is 9.93. The van der Waals surface area contributed by atoms with E-state index in [1.54, 1.807) is 36.9 Å². The zero-order valence-corrected chi connectivity index (χ0v) is 19.6. The first kappa shape index (κ1) is 22.5. The SMILES string of the molecule is COc1ccc(F)cc1-c1cncc(NCc2ccc3nc(NC4CCCC[C@H]4O)sc3c2)n1. The standard InChI is InChI=1S/C25H26FN5O2S/c1-33-22-9-7-16(26)11-17(22)20-13-27-14-24(29-20)28-12-15-6-8-19-23(10-15)34-25(31-19)30-18-4-2-3-5-21(18)32/h6-11,13-14,18,21,32H,2-5,12H2,1H3,(H,28,29)(H,30,31)/t18?,21-/m1/s1. The van der Waals surface area contributed by atoms with Crippen LogP contribution in [0.3, 0.4) is 0 Å². The van der Waals surface area contributed by atoms with Crippen LogP contribution in [0.5, 0.6) is 5.75 Å². The predicted molar refractivity (Wildman–Crippen MR) is 133 cm³/mol. The van der Waals surface area contributed by atoms with Gasteiger partial charge in [-0.25, -0.2) is 14.4 Å². The lowest BCUT2D eigenvalue weighted by Gasteiger charge is -2.27. The van der Waals surface area contributed by atoms with Crippen LogP contribution in [-0.2, 0) is 6.54 Å². The number of nitrogens with zero attached hydrogens (tertiary/aromatic N) is 3. The number of benzene rings is 2. The van der Waals surface area contributed by atoms with Gasteiger partial charge in [-0.05, 0) is 48.7 Å². The molecule has 0 aliphatic heterocycles. The minimum atomic E-state index is -0.360. The minimum absolute atomic E-state index is 0.0676. The molecule has 0 saturated heterocycles. The normalized spacial score (nSPS) is 18.1. The van der Waals surface area contributed by atoms with Crippen molar-refractivity contribution >= 4 is 32.5 Å². The largest absolute Gasteiger partial charge is 0.496 e. The van der Waals surface area contributed by atoms with E-state index in [1.165, 1.54) is 12.1 Å². The van der Waals surface area contributed by atoms with Gasteiger partial charge in [-0.3, -0.25) is 4.98 Å². The van der Waals surface area contributed by atoms with E-state index < -0.39 is 0 Å². The highest BCUT2D eigenvalue weighted by Crippen LogP contribution is 2.31. The molecule has 0 bridgehead atoms. The molecule has 1 unspecified atom stereocenters. The molecule has 2 aromatic carbocycles. The van der Waals surface area contributed by atoms with Gasteiger partial charge in [-0.2, -0.15) is 0 Å². The maximum atomic E-state index is 13.8. The van der Waals surface area contributed by atoms with E-state index in [1.807, 2.05) is 12.1 Å². The fraction of sp³-hybridized carbons (Fsp3) is 0.320. The molecule has 2 atom stereocenters. The number of methoxy groups -OCH3 is 1. The molecule has 2 aromatic heterocycles. The Bertz CT molecular complexity index is 1300. The van der Waals surface area contributed by atoms with Crippen molar-refractivity contribution in [2.24, 2.45) is 0 Å². The Morgan fingerprint density at radius 2 is 2.00 bits per heavy atom. The highest BCUT2D eigenvalue weighted by molar-refractivity contribution is 7.22. The van der Waals surface area contributed by atoms with Crippen LogP contribution in [0.4, 0.5) is 15.3 Å². The average Bonchev–Trinajstić information content (AvgIpc) is 3.26. The summed E-state index contributed by atoms with van der Waals surface area (Å²) in [6.45, 7) is 0.552. The Kier molecular flexibility index (Phi) is 6.55. The molecule has 5 rings (SSSR count). The first-order valence-electron chi connectivity index (χ1n) is 11.3. The molecule has 34 heavy (non-hydrogen) atoms. The molecule has 2 heterocycles. The van der Waals surface area contributed by atoms with Crippen molar-refractivity contribution < 1.29 is 14.2 Å². The minimum Gasteiger partial charge on any atom is -0.496 e. The molecule has 7 nitrogen and oxygen atoms in total. The topological polar surface area (TPSA) is 92.2 Å². The number of thiazole rings is 1. The highest BCUT2D eigenvalue weighted by Gasteiger charge is 2.23. The zero-order valence-electron chi connectivity index (χ0n) is 18.8. The van der Waals surface area contributed by atoms with Crippen molar-refractivity contribution in [2.75, 3.05) is 17.7 Å². The van der Waals surface area contributed by atoms with Crippen LogP contribution in [0.15, 0.2) is 48.8 Å². The van der Waals surface area contributed by atoms with Crippen LogP contribution in [0.1, 0.15) is 31.2 Å². The maximum absolute atomic E-state index is 13.8. The van der Waals surface area contributed by atoms with Crippen LogP contribution in [0, 0.1) is 5.82 Å². The molecule has 176 valence electrons. The van der Waals surface area contributed by atoms with E-state index in [0.717, 1.165) is 46.6 Å². The third kappa shape index (κ3) is 4.95. The second kappa shape index (κ2) is 9.90. The summed E-state index contributed by atoms with van der Waals surface area (Å²) in [6, 6.07) is 10.5. The van der Waals surface area contributed by atoms with Gasteiger partial charge < -0.3 is 20.5 Å². The molecule has 1 saturated carbocycles. The molecule has 1 fully saturated rings. The van der Waals surface area contributed by atoms with Gasteiger partial charge in [0.1, 0.15) is 17.4 Å². The second-order valence-corrected chi connectivity index (χ2v) is 9.44. The number of hydrogen-bond donors (Lipinski definition) is 3. The number of halogens is 1. The van der Waals surface area contributed by atoms with E-state index in [9.17, 15) is 9.50 Å². The summed E-state index contributed by atoms with van der Waals surface area (Å²) in [5.41, 5.74) is 3.09. The van der Waals surface area contributed by atoms with Crippen LogP contribution in [-0.4, -0.2) is 39.3 Å². The Morgan fingerprint density at radius 1 is 1.12 bits per heavy atom. The van der Waals surface area contributed by atoms with Gasteiger partial charge in [0.15, 0.2) is 5.13 Å². The maximum Gasteiger partial charge on any atom is 0.184 e. The van der Waals surface area contributed by atoms with E-state index in [2.05, 4.69) is 31.7 Å². The summed E-state index contributed by atoms with van der Waals surface area (Å²) in [5, 5.41) is 17.8. The molecular formula is C25H26FN5O2S. The quantitative estimate of drug-likeness (QED) is 0.334. The number of nitrogens with one attached hydrogen (secondary N) is 2. The molecular weight excluding hydrogens is 453 g/mol. The molecule has 0 amide bonds. The molecule has 0 radical (unpaired) electrons. The van der Waals surface area contributed by atoms with Crippen molar-refractivity contribution in [3.8, 4) is 17.0 Å². The predicted octanol–water partition coefficient (Wildman–Crippen LogP) is 5.23. The Labute approximate surface area is 201 Å². The molecule has 4 aromatic rings. The summed E-state index contributed by atoms with van der Waals surface area (Å²) in [5.74, 6) is 0.760. The van der Waals surface area contributed by atoms with E-state index in [0.29, 0.717) is 29.4 Å². The first-order chi connectivity index (χ1) is 16.6. The summed E-state index contributed by atoms with van der Waals surface area (Å²) in [6.07, 6.45) is 6.93. The van der Waals surface area contributed by atoms with Gasteiger partial charge in [-0.1, -0.05) is 30.2 Å². The van der Waals surface area contributed by atoms with Crippen LogP contribution in [0.25, 0.3) is 21.5 Å². The van der Waals surface area contributed by atoms with Crippen molar-refractivity contribution in [3.05, 3.63) is 60.2 Å². The zero-order chi connectivity index (χ0) is 23.5. The monoisotopic (exact) mass is 479 g/mol. The smallest absolute Gasteiger partial charge is 0.184 e. The van der Waals surface area contributed by atoms with Crippen molar-refractivity contribution in [2.45, 2.75) is 44.4 Å². The van der Waals surface area contributed by atoms with Crippen molar-refractivity contribution in [3.63, 3.8) is 0 Å². The molecule has 1 aliphatic carbocycles. The number of hydrogen-bond acceptors (Lipinski definition) is 8. The fourth-order valence-electron chi connectivity index (χ4n) is 4.23. The first-order valence-corrected chi connectivity index (χ1v) is 12.1. The number of anilines is 2. The van der Waals surface area contributed by atoms with Gasteiger partial charge in [0, 0.05) is 12.1 Å². The van der Waals surface area contributed by atoms with Gasteiger partial charge in [0.05, 0.1) is 47.6 Å². The Balaban J connectivity index is 1.29. The molecule has 0 spiro atoms. The summed E-state index contributed by atoms with van der Waals surface area (Å²) in [7, 11) is 1.54. The molecule has 3 N–H and O–H groups in total. The third-order valence-corrected chi connectivity index (χ3v) is 6.99. The Hall–Kier alpha value is -3.30. The van der Waals surface area contributed by atoms with E-state index in [-0.39, 0.29) is 18.0 Å². The number of aliphatic hydroxyl groups excluding tert-OH is 1. The number of rotatable bonds is 7. The van der Waals surface area contributed by atoms with Crippen molar-refractivity contribution in [1.82, 2.24) is 15.0 Å². The highest BCUT2D eigenvalue weighted by atomic mass is 32.1. The second-order valence-electron chi connectivity index (χ2n) is 8.41. The molecule has 1 aliphatic rings. The lowest BCUT2D eigenvalue weighted by Crippen LogP contribution is -2.36.